The molecule has 5 nitrogen and oxygen atoms in total. The van der Waals surface area contributed by atoms with E-state index < -0.39 is 16.4 Å². The van der Waals surface area contributed by atoms with E-state index in [-0.39, 0.29) is 34.2 Å². The molecule has 0 saturated heterocycles. The second kappa shape index (κ2) is 9.32. The summed E-state index contributed by atoms with van der Waals surface area (Å²) in [6.07, 6.45) is 0.0675. The summed E-state index contributed by atoms with van der Waals surface area (Å²) in [5.74, 6) is -0.0496. The molecule has 0 unspecified atom stereocenters. The Kier molecular flexibility index (Phi) is 6.32. The van der Waals surface area contributed by atoms with E-state index in [0.29, 0.717) is 31.4 Å². The van der Waals surface area contributed by atoms with Gasteiger partial charge in [-0.2, -0.15) is 0 Å². The minimum Gasteiger partial charge on any atom is -0.315 e. The number of rotatable bonds is 5. The summed E-state index contributed by atoms with van der Waals surface area (Å²) in [6.45, 7) is 0.278. The molecule has 1 fully saturated rings. The van der Waals surface area contributed by atoms with Crippen LogP contribution >= 0.6 is 0 Å². The maximum Gasteiger partial charge on any atom is 0.264 e. The number of carbonyl (C=O) groups excluding carboxylic acids is 1. The molecule has 8 heteroatoms. The number of benzene rings is 3. The number of sulfonamides is 1. The highest BCUT2D eigenvalue weighted by Crippen LogP contribution is 2.51. The lowest BCUT2D eigenvalue weighted by Gasteiger charge is -2.38. The Morgan fingerprint density at radius 2 is 1.56 bits per heavy atom. The summed E-state index contributed by atoms with van der Waals surface area (Å²) in [5, 5.41) is 0. The van der Waals surface area contributed by atoms with Gasteiger partial charge in [0.05, 0.1) is 10.6 Å². The van der Waals surface area contributed by atoms with Gasteiger partial charge in [-0.3, -0.25) is 9.10 Å². The van der Waals surface area contributed by atoms with Crippen LogP contribution in [0.4, 0.5) is 20.2 Å². The lowest BCUT2D eigenvalue weighted by Crippen LogP contribution is -2.42. The summed E-state index contributed by atoms with van der Waals surface area (Å²) >= 11 is 0. The van der Waals surface area contributed by atoms with E-state index in [0.717, 1.165) is 23.4 Å². The van der Waals surface area contributed by atoms with Crippen molar-refractivity contribution in [1.29, 1.82) is 0 Å². The van der Waals surface area contributed by atoms with Crippen LogP contribution in [0.15, 0.2) is 83.8 Å². The van der Waals surface area contributed by atoms with Crippen LogP contribution in [0.2, 0.25) is 0 Å². The molecule has 1 saturated carbocycles. The Hall–Kier alpha value is -3.26. The van der Waals surface area contributed by atoms with Crippen molar-refractivity contribution < 1.29 is 22.0 Å². The number of amides is 1. The van der Waals surface area contributed by atoms with E-state index in [1.165, 1.54) is 16.4 Å². The molecule has 0 bridgehead atoms. The molecule has 1 aliphatic heterocycles. The van der Waals surface area contributed by atoms with E-state index in [4.69, 9.17) is 0 Å². The number of para-hydroxylation sites is 2. The number of fused-ring (bicyclic) bond motifs is 2. The molecular weight excluding hydrogens is 482 g/mol. The number of nitrogens with zero attached hydrogens (tertiary/aromatic N) is 2. The lowest BCUT2D eigenvalue weighted by atomic mass is 9.67. The van der Waals surface area contributed by atoms with Gasteiger partial charge in [-0.25, -0.2) is 17.2 Å². The molecule has 0 N–H and O–H groups in total. The highest BCUT2D eigenvalue weighted by Gasteiger charge is 2.49. The Morgan fingerprint density at radius 1 is 0.944 bits per heavy atom. The van der Waals surface area contributed by atoms with Crippen molar-refractivity contribution in [2.45, 2.75) is 42.4 Å². The first-order valence-corrected chi connectivity index (χ1v) is 13.5. The highest BCUT2D eigenvalue weighted by atomic mass is 32.2. The van der Waals surface area contributed by atoms with E-state index in [1.54, 1.807) is 18.0 Å². The number of hydrogen-bond donors (Lipinski definition) is 0. The van der Waals surface area contributed by atoms with Crippen LogP contribution < -0.4 is 9.21 Å². The van der Waals surface area contributed by atoms with Gasteiger partial charge in [0.15, 0.2) is 0 Å². The fourth-order valence-electron chi connectivity index (χ4n) is 5.61. The highest BCUT2D eigenvalue weighted by molar-refractivity contribution is 7.92. The summed E-state index contributed by atoms with van der Waals surface area (Å²) in [5.41, 5.74) is 1.86. The average molecular weight is 511 g/mol. The van der Waals surface area contributed by atoms with Crippen LogP contribution in [-0.2, 0) is 20.2 Å². The molecule has 0 atom stereocenters. The van der Waals surface area contributed by atoms with Crippen LogP contribution in [0, 0.1) is 5.92 Å². The number of anilines is 2. The number of alkyl halides is 2. The fraction of sp³-hybridized carbons (Fsp3) is 0.321. The lowest BCUT2D eigenvalue weighted by molar-refractivity contribution is -0.123. The zero-order valence-corrected chi connectivity index (χ0v) is 20.8. The molecule has 5 rings (SSSR count). The van der Waals surface area contributed by atoms with Gasteiger partial charge in [0.2, 0.25) is 5.91 Å². The molecule has 2 aliphatic rings. The van der Waals surface area contributed by atoms with Gasteiger partial charge in [-0.05, 0) is 61.6 Å². The molecule has 3 aromatic rings. The van der Waals surface area contributed by atoms with Crippen molar-refractivity contribution in [2.75, 3.05) is 22.8 Å². The van der Waals surface area contributed by atoms with Gasteiger partial charge in [0.25, 0.3) is 16.4 Å². The monoisotopic (exact) mass is 510 g/mol. The van der Waals surface area contributed by atoms with Gasteiger partial charge < -0.3 is 4.90 Å². The molecule has 36 heavy (non-hydrogen) atoms. The third kappa shape index (κ3) is 4.17. The van der Waals surface area contributed by atoms with E-state index in [9.17, 15) is 22.0 Å². The Labute approximate surface area is 210 Å². The largest absolute Gasteiger partial charge is 0.315 e. The zero-order chi connectivity index (χ0) is 25.5. The summed E-state index contributed by atoms with van der Waals surface area (Å²) in [6, 6.07) is 21.9. The smallest absolute Gasteiger partial charge is 0.264 e. The molecule has 1 aliphatic carbocycles. The third-order valence-electron chi connectivity index (χ3n) is 7.68. The van der Waals surface area contributed by atoms with E-state index in [1.807, 2.05) is 48.5 Å². The summed E-state index contributed by atoms with van der Waals surface area (Å²) in [4.78, 5) is 14.9. The molecule has 1 spiro atoms. The van der Waals surface area contributed by atoms with Crippen LogP contribution in [0.25, 0.3) is 0 Å². The molecule has 1 heterocycles. The van der Waals surface area contributed by atoms with Crippen molar-refractivity contribution in [3.05, 3.63) is 90.0 Å². The van der Waals surface area contributed by atoms with Gasteiger partial charge in [-0.1, -0.05) is 48.5 Å². The minimum absolute atomic E-state index is 0.00731. The maximum absolute atomic E-state index is 13.6. The standard InChI is InChI=1S/C28H28F2N2O3S/c1-31(22-7-3-2-4-8-22)27(33)21-15-17-28(18-16-21)19-32(25-10-6-5-9-24(25)28)36(34,35)23-13-11-20(12-14-23)26(29)30/h2-14,21,26H,15-19H2,1H3. The normalized spacial score (nSPS) is 21.6. The SMILES string of the molecule is CN(C(=O)C1CCC2(CC1)CN(S(=O)(=O)c1ccc(C(F)F)cc1)c1ccccc12)c1ccccc1. The molecular formula is C28H28F2N2O3S. The van der Waals surface area contributed by atoms with Crippen molar-refractivity contribution in [1.82, 2.24) is 0 Å². The van der Waals surface area contributed by atoms with Crippen molar-refractivity contribution in [2.24, 2.45) is 5.92 Å². The van der Waals surface area contributed by atoms with Gasteiger partial charge >= 0.3 is 0 Å². The topological polar surface area (TPSA) is 57.7 Å². The molecule has 188 valence electrons. The maximum atomic E-state index is 13.6. The minimum atomic E-state index is -3.94. The van der Waals surface area contributed by atoms with Gasteiger partial charge in [0.1, 0.15) is 0 Å². The molecule has 1 amide bonds. The van der Waals surface area contributed by atoms with E-state index >= 15 is 0 Å². The number of halogens is 2. The van der Waals surface area contributed by atoms with Crippen LogP contribution in [0.3, 0.4) is 0 Å². The predicted molar refractivity (Wildman–Crippen MR) is 136 cm³/mol. The van der Waals surface area contributed by atoms with Crippen molar-refractivity contribution >= 4 is 27.3 Å². The molecule has 3 aromatic carbocycles. The summed E-state index contributed by atoms with van der Waals surface area (Å²) < 4.78 is 54.6. The Balaban J connectivity index is 1.38. The van der Waals surface area contributed by atoms with Crippen molar-refractivity contribution in [3.8, 4) is 0 Å². The van der Waals surface area contributed by atoms with Crippen molar-refractivity contribution in [3.63, 3.8) is 0 Å². The first kappa shape index (κ1) is 24.4. The second-order valence-electron chi connectivity index (χ2n) is 9.69. The van der Waals surface area contributed by atoms with Gasteiger partial charge in [0, 0.05) is 36.2 Å². The Morgan fingerprint density at radius 3 is 2.19 bits per heavy atom. The second-order valence-corrected chi connectivity index (χ2v) is 11.5. The Bertz CT molecular complexity index is 1350. The van der Waals surface area contributed by atoms with Crippen LogP contribution in [0.5, 0.6) is 0 Å². The quantitative estimate of drug-likeness (QED) is 0.428. The third-order valence-corrected chi connectivity index (χ3v) is 9.45. The van der Waals surface area contributed by atoms with E-state index in [2.05, 4.69) is 0 Å². The predicted octanol–water partition coefficient (Wildman–Crippen LogP) is 5.92. The van der Waals surface area contributed by atoms with Crippen LogP contribution in [0.1, 0.15) is 43.2 Å². The fourth-order valence-corrected chi connectivity index (χ4v) is 7.18. The average Bonchev–Trinajstić information content (AvgIpc) is 3.23. The van der Waals surface area contributed by atoms with Gasteiger partial charge in [-0.15, -0.1) is 0 Å². The first-order chi connectivity index (χ1) is 17.2. The number of hydrogen-bond acceptors (Lipinski definition) is 3. The first-order valence-electron chi connectivity index (χ1n) is 12.1. The molecule has 0 aromatic heterocycles. The van der Waals surface area contributed by atoms with Crippen LogP contribution in [-0.4, -0.2) is 27.9 Å². The summed E-state index contributed by atoms with van der Waals surface area (Å²) in [7, 11) is -2.14. The molecule has 0 radical (unpaired) electrons. The number of carbonyl (C=O) groups is 1. The zero-order valence-electron chi connectivity index (χ0n) is 20.0.